The van der Waals surface area contributed by atoms with E-state index in [9.17, 15) is 12.8 Å². The van der Waals surface area contributed by atoms with Gasteiger partial charge in [-0.15, -0.1) is 0 Å². The van der Waals surface area contributed by atoms with Crippen molar-refractivity contribution in [1.29, 1.82) is 0 Å². The number of aryl methyl sites for hydroxylation is 1. The summed E-state index contributed by atoms with van der Waals surface area (Å²) in [6, 6.07) is 24.9. The highest BCUT2D eigenvalue weighted by atomic mass is 32.2. The van der Waals surface area contributed by atoms with Crippen LogP contribution in [0.5, 0.6) is 0 Å². The van der Waals surface area contributed by atoms with Crippen LogP contribution in [-0.4, -0.2) is 34.0 Å². The molecule has 4 aromatic rings. The van der Waals surface area contributed by atoms with E-state index in [0.717, 1.165) is 23.3 Å². The van der Waals surface area contributed by atoms with Gasteiger partial charge in [-0.3, -0.25) is 4.68 Å². The van der Waals surface area contributed by atoms with Crippen LogP contribution in [0.2, 0.25) is 0 Å². The maximum Gasteiger partial charge on any atom is 0.243 e. The van der Waals surface area contributed by atoms with Crippen LogP contribution < -0.4 is 0 Å². The van der Waals surface area contributed by atoms with Gasteiger partial charge in [0.05, 0.1) is 11.4 Å². The minimum absolute atomic E-state index is 0.00927. The van der Waals surface area contributed by atoms with E-state index < -0.39 is 15.8 Å². The van der Waals surface area contributed by atoms with Crippen molar-refractivity contribution in [3.05, 3.63) is 114 Å². The van der Waals surface area contributed by atoms with Crippen molar-refractivity contribution in [2.45, 2.75) is 23.8 Å². The van der Waals surface area contributed by atoms with Crippen molar-refractivity contribution in [2.24, 2.45) is 7.05 Å². The molecule has 0 radical (unpaired) electrons. The molecule has 3 aromatic carbocycles. The zero-order valence-corrected chi connectivity index (χ0v) is 19.1. The van der Waals surface area contributed by atoms with E-state index in [-0.39, 0.29) is 23.9 Å². The molecular weight excluding hydrogens is 439 g/mol. The van der Waals surface area contributed by atoms with E-state index in [2.05, 4.69) is 34.3 Å². The highest BCUT2D eigenvalue weighted by Gasteiger charge is 2.27. The summed E-state index contributed by atoms with van der Waals surface area (Å²) in [4.78, 5) is 4.24. The van der Waals surface area contributed by atoms with Gasteiger partial charge in [-0.1, -0.05) is 60.7 Å². The Balaban J connectivity index is 1.65. The van der Waals surface area contributed by atoms with Gasteiger partial charge in [0.25, 0.3) is 0 Å². The van der Waals surface area contributed by atoms with E-state index in [1.807, 2.05) is 36.4 Å². The van der Waals surface area contributed by atoms with Gasteiger partial charge < -0.3 is 0 Å². The van der Waals surface area contributed by atoms with Gasteiger partial charge in [-0.25, -0.2) is 17.8 Å². The smallest absolute Gasteiger partial charge is 0.243 e. The van der Waals surface area contributed by atoms with E-state index >= 15 is 0 Å². The molecule has 0 spiro atoms. The quantitative estimate of drug-likeness (QED) is 0.369. The standard InChI is InChI=1S/C25H25FN4O2S/c1-29-19-27-25(28-29)18-30(33(31,32)23-14-12-22(26)13-15-23)17-16-24(20-8-4-2-5-9-20)21-10-6-3-7-11-21/h2-15,19,24H,16-18H2,1H3. The number of aromatic nitrogens is 3. The highest BCUT2D eigenvalue weighted by molar-refractivity contribution is 7.89. The van der Waals surface area contributed by atoms with Gasteiger partial charge >= 0.3 is 0 Å². The SMILES string of the molecule is Cn1cnc(CN(CCC(c2ccccc2)c2ccccc2)S(=O)(=O)c2ccc(F)cc2)n1. The number of sulfonamides is 1. The Labute approximate surface area is 193 Å². The predicted octanol–water partition coefficient (Wildman–Crippen LogP) is 4.37. The molecule has 0 atom stereocenters. The molecule has 0 saturated heterocycles. The van der Waals surface area contributed by atoms with Crippen molar-refractivity contribution >= 4 is 10.0 Å². The zero-order chi connectivity index (χ0) is 23.3. The molecule has 0 aliphatic carbocycles. The average molecular weight is 465 g/mol. The summed E-state index contributed by atoms with van der Waals surface area (Å²) in [7, 11) is -2.16. The van der Waals surface area contributed by atoms with Crippen molar-refractivity contribution in [3.8, 4) is 0 Å². The van der Waals surface area contributed by atoms with Crippen LogP contribution in [0.15, 0.2) is 96.2 Å². The van der Waals surface area contributed by atoms with Crippen molar-refractivity contribution in [2.75, 3.05) is 6.54 Å². The molecule has 1 aromatic heterocycles. The maximum atomic E-state index is 13.5. The molecule has 0 aliphatic heterocycles. The van der Waals surface area contributed by atoms with Crippen LogP contribution in [0.3, 0.4) is 0 Å². The lowest BCUT2D eigenvalue weighted by atomic mass is 9.88. The molecule has 0 bridgehead atoms. The molecule has 0 saturated carbocycles. The lowest BCUT2D eigenvalue weighted by Crippen LogP contribution is -2.33. The number of halogens is 1. The zero-order valence-electron chi connectivity index (χ0n) is 18.3. The first-order chi connectivity index (χ1) is 15.9. The van der Waals surface area contributed by atoms with E-state index in [1.165, 1.54) is 27.4 Å². The minimum Gasteiger partial charge on any atom is -0.256 e. The third-order valence-electron chi connectivity index (χ3n) is 5.49. The first kappa shape index (κ1) is 22.8. The summed E-state index contributed by atoms with van der Waals surface area (Å²) < 4.78 is 43.3. The second-order valence-electron chi connectivity index (χ2n) is 7.79. The summed E-state index contributed by atoms with van der Waals surface area (Å²) in [5, 5.41) is 4.25. The van der Waals surface area contributed by atoms with Gasteiger partial charge in [0, 0.05) is 19.5 Å². The molecule has 8 heteroatoms. The van der Waals surface area contributed by atoms with Crippen LogP contribution in [0.4, 0.5) is 4.39 Å². The Kier molecular flexibility index (Phi) is 6.96. The first-order valence-electron chi connectivity index (χ1n) is 10.6. The average Bonchev–Trinajstić information content (AvgIpc) is 3.25. The Morgan fingerprint density at radius 2 is 1.48 bits per heavy atom. The largest absolute Gasteiger partial charge is 0.256 e. The molecule has 0 amide bonds. The number of benzene rings is 3. The fourth-order valence-electron chi connectivity index (χ4n) is 3.82. The fourth-order valence-corrected chi connectivity index (χ4v) is 5.23. The van der Waals surface area contributed by atoms with Gasteiger partial charge in [-0.2, -0.15) is 9.40 Å². The topological polar surface area (TPSA) is 68.1 Å². The third-order valence-corrected chi connectivity index (χ3v) is 7.35. The molecule has 1 heterocycles. The van der Waals surface area contributed by atoms with Crippen LogP contribution in [0, 0.1) is 5.82 Å². The number of hydrogen-bond donors (Lipinski definition) is 0. The molecular formula is C25H25FN4O2S. The Morgan fingerprint density at radius 3 is 2.00 bits per heavy atom. The second-order valence-corrected chi connectivity index (χ2v) is 9.73. The first-order valence-corrected chi connectivity index (χ1v) is 12.1. The van der Waals surface area contributed by atoms with Crippen molar-refractivity contribution in [1.82, 2.24) is 19.1 Å². The maximum absolute atomic E-state index is 13.5. The summed E-state index contributed by atoms with van der Waals surface area (Å²) in [5.74, 6) is -0.0747. The van der Waals surface area contributed by atoms with Crippen LogP contribution in [0.1, 0.15) is 29.3 Å². The van der Waals surface area contributed by atoms with Crippen LogP contribution >= 0.6 is 0 Å². The van der Waals surface area contributed by atoms with Crippen molar-refractivity contribution in [3.63, 3.8) is 0 Å². The van der Waals surface area contributed by atoms with Crippen molar-refractivity contribution < 1.29 is 12.8 Å². The molecule has 0 fully saturated rings. The third kappa shape index (κ3) is 5.53. The second kappa shape index (κ2) is 10.1. The highest BCUT2D eigenvalue weighted by Crippen LogP contribution is 2.29. The monoisotopic (exact) mass is 464 g/mol. The van der Waals surface area contributed by atoms with E-state index in [1.54, 1.807) is 7.05 Å². The fraction of sp³-hybridized carbons (Fsp3) is 0.200. The molecule has 0 N–H and O–H groups in total. The normalized spacial score (nSPS) is 11.9. The van der Waals surface area contributed by atoms with E-state index in [0.29, 0.717) is 12.2 Å². The summed E-state index contributed by atoms with van der Waals surface area (Å²) in [6.07, 6.45) is 2.09. The Hall–Kier alpha value is -3.36. The van der Waals surface area contributed by atoms with Gasteiger partial charge in [0.2, 0.25) is 10.0 Å². The van der Waals surface area contributed by atoms with Crippen LogP contribution in [0.25, 0.3) is 0 Å². The van der Waals surface area contributed by atoms with Gasteiger partial charge in [0.15, 0.2) is 5.82 Å². The van der Waals surface area contributed by atoms with Gasteiger partial charge in [-0.05, 0) is 41.8 Å². The molecule has 6 nitrogen and oxygen atoms in total. The lowest BCUT2D eigenvalue weighted by Gasteiger charge is -2.25. The molecule has 33 heavy (non-hydrogen) atoms. The Morgan fingerprint density at radius 1 is 0.909 bits per heavy atom. The molecule has 0 unspecified atom stereocenters. The molecule has 170 valence electrons. The molecule has 0 aliphatic rings. The predicted molar refractivity (Wildman–Crippen MR) is 124 cm³/mol. The lowest BCUT2D eigenvalue weighted by molar-refractivity contribution is 0.383. The number of nitrogens with zero attached hydrogens (tertiary/aromatic N) is 4. The van der Waals surface area contributed by atoms with Crippen LogP contribution in [-0.2, 0) is 23.6 Å². The Bertz CT molecular complexity index is 1240. The summed E-state index contributed by atoms with van der Waals surface area (Å²) >= 11 is 0. The minimum atomic E-state index is -3.89. The van der Waals surface area contributed by atoms with Gasteiger partial charge in [0.1, 0.15) is 12.1 Å². The number of hydrogen-bond acceptors (Lipinski definition) is 4. The summed E-state index contributed by atoms with van der Waals surface area (Å²) in [6.45, 7) is 0.267. The van der Waals surface area contributed by atoms with E-state index in [4.69, 9.17) is 0 Å². The summed E-state index contributed by atoms with van der Waals surface area (Å²) in [5.41, 5.74) is 2.22. The number of rotatable bonds is 9. The molecule has 4 rings (SSSR count).